The van der Waals surface area contributed by atoms with Gasteiger partial charge in [0.05, 0.1) is 0 Å². The van der Waals surface area contributed by atoms with Crippen LogP contribution in [0.15, 0.2) is 83.6 Å². The molecular weight excluding hydrogens is 573 g/mol. The van der Waals surface area contributed by atoms with Crippen LogP contribution in [0.2, 0.25) is 0 Å². The van der Waals surface area contributed by atoms with Gasteiger partial charge in [0.1, 0.15) is 29.4 Å². The molecule has 1 N–H and O–H groups in total. The second-order valence-electron chi connectivity index (χ2n) is 11.4. The number of thioether (sulfide) groups is 1. The van der Waals surface area contributed by atoms with Crippen LogP contribution in [0, 0.1) is 0 Å². The van der Waals surface area contributed by atoms with Gasteiger partial charge in [-0.1, -0.05) is 60.7 Å². The van der Waals surface area contributed by atoms with Gasteiger partial charge in [-0.05, 0) is 50.0 Å². The number of allylic oxidation sites excluding steroid dienone is 1. The number of amides is 3. The number of fused-ring (bicyclic) bond motifs is 1. The van der Waals surface area contributed by atoms with Gasteiger partial charge in [-0.2, -0.15) is 0 Å². The maximum atomic E-state index is 14.1. The zero-order valence-corrected chi connectivity index (χ0v) is 25.1. The van der Waals surface area contributed by atoms with Crippen molar-refractivity contribution in [1.29, 1.82) is 0 Å². The van der Waals surface area contributed by atoms with E-state index in [1.165, 1.54) is 21.6 Å². The molecular formula is C32H34FN3O6S. The first kappa shape index (κ1) is 30.3. The Morgan fingerprint density at radius 1 is 1.07 bits per heavy atom. The van der Waals surface area contributed by atoms with Crippen LogP contribution in [0.25, 0.3) is 0 Å². The minimum atomic E-state index is -0.899. The number of carbonyl (C=O) groups excluding carboxylic acids is 4. The van der Waals surface area contributed by atoms with Crippen molar-refractivity contribution in [3.05, 3.63) is 94.7 Å². The van der Waals surface area contributed by atoms with E-state index in [-0.39, 0.29) is 23.9 Å². The number of halogens is 1. The number of hydrogen-bond donors (Lipinski definition) is 1. The Kier molecular flexibility index (Phi) is 8.91. The summed E-state index contributed by atoms with van der Waals surface area (Å²) in [4.78, 5) is 55.7. The average molecular weight is 608 g/mol. The van der Waals surface area contributed by atoms with E-state index in [0.717, 1.165) is 11.1 Å². The van der Waals surface area contributed by atoms with Crippen LogP contribution in [-0.4, -0.2) is 76.2 Å². The number of rotatable bonds is 8. The molecule has 0 aliphatic carbocycles. The number of nitrogens with one attached hydrogen (secondary N) is 1. The number of alkyl carbamates (subject to hydrolysis) is 1. The van der Waals surface area contributed by atoms with E-state index in [0.29, 0.717) is 24.1 Å². The summed E-state index contributed by atoms with van der Waals surface area (Å²) in [6, 6.07) is 17.7. The molecule has 11 heteroatoms. The van der Waals surface area contributed by atoms with Gasteiger partial charge in [0.25, 0.3) is 5.91 Å². The molecule has 0 radical (unpaired) electrons. The second-order valence-corrected chi connectivity index (χ2v) is 12.5. The lowest BCUT2D eigenvalue weighted by Gasteiger charge is -2.49. The Balaban J connectivity index is 1.49. The van der Waals surface area contributed by atoms with Gasteiger partial charge in [0, 0.05) is 24.4 Å². The number of β-lactam (4-membered cyclic amide) rings is 1. The van der Waals surface area contributed by atoms with Crippen molar-refractivity contribution in [2.75, 3.05) is 25.5 Å². The Morgan fingerprint density at radius 3 is 2.28 bits per heavy atom. The first-order chi connectivity index (χ1) is 20.6. The van der Waals surface area contributed by atoms with Crippen LogP contribution in [-0.2, 0) is 23.9 Å². The minimum absolute atomic E-state index is 0.000594. The lowest BCUT2D eigenvalue weighted by molar-refractivity contribution is -0.153. The summed E-state index contributed by atoms with van der Waals surface area (Å²) < 4.78 is 24.4. The quantitative estimate of drug-likeness (QED) is 0.268. The van der Waals surface area contributed by atoms with E-state index >= 15 is 0 Å². The largest absolute Gasteiger partial charge is 0.448 e. The third kappa shape index (κ3) is 6.61. The van der Waals surface area contributed by atoms with Crippen molar-refractivity contribution in [3.63, 3.8) is 0 Å². The molecule has 226 valence electrons. The topological polar surface area (TPSA) is 105 Å². The molecule has 2 atom stereocenters. The molecule has 3 heterocycles. The molecule has 2 aromatic carbocycles. The number of carbonyl (C=O) groups is 4. The highest BCUT2D eigenvalue weighted by molar-refractivity contribution is 8.00. The van der Waals surface area contributed by atoms with E-state index in [4.69, 9.17) is 9.47 Å². The standard InChI is InChI=1S/C32H34FN3O6S/c1-32(2,3)42-31(40)34-24-28(38)36-25(23(19-43-29(24)36)18-22-14-16-35(17-15-33)27(22)37)30(39)41-26(20-10-6-4-7-11-20)21-12-8-5-9-13-21/h4-13,18,24,26,29H,14-17,19H2,1-3H3,(H,34,40)/t24-,29-/m1/s1. The molecule has 43 heavy (non-hydrogen) atoms. The van der Waals surface area contributed by atoms with E-state index in [9.17, 15) is 23.6 Å². The van der Waals surface area contributed by atoms with E-state index in [1.54, 1.807) is 26.8 Å². The number of ether oxygens (including phenoxy) is 2. The number of benzene rings is 2. The minimum Gasteiger partial charge on any atom is -0.448 e. The van der Waals surface area contributed by atoms with Gasteiger partial charge in [-0.25, -0.2) is 14.0 Å². The van der Waals surface area contributed by atoms with Crippen LogP contribution in [0.4, 0.5) is 9.18 Å². The molecule has 2 saturated heterocycles. The molecule has 3 aliphatic heterocycles. The third-order valence-electron chi connectivity index (χ3n) is 7.21. The molecule has 0 bridgehead atoms. The summed E-state index contributed by atoms with van der Waals surface area (Å²) in [6.07, 6.45) is 0.531. The van der Waals surface area contributed by atoms with Gasteiger partial charge in [0.15, 0.2) is 6.10 Å². The molecule has 2 aromatic rings. The highest BCUT2D eigenvalue weighted by Gasteiger charge is 2.55. The molecule has 0 aromatic heterocycles. The average Bonchev–Trinajstić information content (AvgIpc) is 3.32. The van der Waals surface area contributed by atoms with Crippen LogP contribution in [0.3, 0.4) is 0 Å². The third-order valence-corrected chi connectivity index (χ3v) is 8.51. The van der Waals surface area contributed by atoms with Crippen LogP contribution < -0.4 is 5.32 Å². The zero-order chi connectivity index (χ0) is 30.7. The monoisotopic (exact) mass is 607 g/mol. The summed E-state index contributed by atoms with van der Waals surface area (Å²) in [5.41, 5.74) is 1.66. The fraction of sp³-hybridized carbons (Fsp3) is 0.375. The first-order valence-electron chi connectivity index (χ1n) is 14.1. The zero-order valence-electron chi connectivity index (χ0n) is 24.2. The van der Waals surface area contributed by atoms with Gasteiger partial charge in [-0.3, -0.25) is 14.5 Å². The number of esters is 1. The fourth-order valence-electron chi connectivity index (χ4n) is 5.25. The SMILES string of the molecule is CC(C)(C)OC(=O)N[C@@H]1C(=O)N2C(C(=O)OC(c3ccccc3)c3ccccc3)=C(C=C3CCN(CCF)C3=O)CS[C@H]12. The highest BCUT2D eigenvalue weighted by Crippen LogP contribution is 2.42. The predicted molar refractivity (Wildman–Crippen MR) is 159 cm³/mol. The predicted octanol–water partition coefficient (Wildman–Crippen LogP) is 4.51. The Labute approximate surface area is 254 Å². The lowest BCUT2D eigenvalue weighted by Crippen LogP contribution is -2.70. The summed E-state index contributed by atoms with van der Waals surface area (Å²) >= 11 is 1.36. The van der Waals surface area contributed by atoms with Crippen molar-refractivity contribution in [1.82, 2.24) is 15.1 Å². The summed E-state index contributed by atoms with van der Waals surface area (Å²) in [7, 11) is 0. The Bertz CT molecular complexity index is 1420. The molecule has 0 unspecified atom stereocenters. The van der Waals surface area contributed by atoms with E-state index in [1.807, 2.05) is 60.7 Å². The number of alkyl halides is 1. The number of hydrogen-bond acceptors (Lipinski definition) is 7. The fourth-order valence-corrected chi connectivity index (χ4v) is 6.56. The summed E-state index contributed by atoms with van der Waals surface area (Å²) in [5.74, 6) is -1.23. The molecule has 3 aliphatic rings. The molecule has 2 fully saturated rings. The van der Waals surface area contributed by atoms with Crippen LogP contribution >= 0.6 is 11.8 Å². The van der Waals surface area contributed by atoms with Gasteiger partial charge in [0.2, 0.25) is 5.91 Å². The molecule has 5 rings (SSSR count). The van der Waals surface area contributed by atoms with Crippen molar-refractivity contribution in [3.8, 4) is 0 Å². The molecule has 3 amide bonds. The van der Waals surface area contributed by atoms with E-state index < -0.39 is 47.8 Å². The van der Waals surface area contributed by atoms with Crippen molar-refractivity contribution < 1.29 is 33.0 Å². The molecule has 0 spiro atoms. The Morgan fingerprint density at radius 2 is 1.70 bits per heavy atom. The lowest BCUT2D eigenvalue weighted by atomic mass is 10.00. The summed E-state index contributed by atoms with van der Waals surface area (Å²) in [6.45, 7) is 4.91. The van der Waals surface area contributed by atoms with Crippen molar-refractivity contribution >= 4 is 35.6 Å². The van der Waals surface area contributed by atoms with Crippen LogP contribution in [0.5, 0.6) is 0 Å². The maximum absolute atomic E-state index is 14.1. The van der Waals surface area contributed by atoms with Gasteiger partial charge < -0.3 is 19.7 Å². The second kappa shape index (κ2) is 12.6. The smallest absolute Gasteiger partial charge is 0.408 e. The maximum Gasteiger partial charge on any atom is 0.408 e. The summed E-state index contributed by atoms with van der Waals surface area (Å²) in [5, 5.41) is 2.06. The molecule has 9 nitrogen and oxygen atoms in total. The number of nitrogens with zero attached hydrogens (tertiary/aromatic N) is 2. The van der Waals surface area contributed by atoms with Crippen molar-refractivity contribution in [2.45, 2.75) is 50.3 Å². The highest BCUT2D eigenvalue weighted by atomic mass is 32.2. The van der Waals surface area contributed by atoms with E-state index in [2.05, 4.69) is 5.32 Å². The van der Waals surface area contributed by atoms with Gasteiger partial charge >= 0.3 is 12.1 Å². The molecule has 0 saturated carbocycles. The normalized spacial score (nSPS) is 21.2. The number of likely N-dealkylation sites (tertiary alicyclic amines) is 1. The van der Waals surface area contributed by atoms with Gasteiger partial charge in [-0.15, -0.1) is 11.8 Å². The first-order valence-corrected chi connectivity index (χ1v) is 15.2. The van der Waals surface area contributed by atoms with Crippen molar-refractivity contribution in [2.24, 2.45) is 0 Å². The Hall–Kier alpha value is -4.12. The van der Waals surface area contributed by atoms with Crippen LogP contribution in [0.1, 0.15) is 44.4 Å².